The lowest BCUT2D eigenvalue weighted by atomic mass is 9.77. The number of ether oxygens (including phenoxy) is 1. The molecule has 0 spiro atoms. The van der Waals surface area contributed by atoms with Crippen LogP contribution in [-0.4, -0.2) is 0 Å². The summed E-state index contributed by atoms with van der Waals surface area (Å²) in [5, 5.41) is 0. The normalized spacial score (nSPS) is 16.9. The minimum atomic E-state index is -4.76. The van der Waals surface area contributed by atoms with Crippen molar-refractivity contribution < 1.29 is 44.3 Å². The Morgan fingerprint density at radius 1 is 0.688 bits per heavy atom. The van der Waals surface area contributed by atoms with Gasteiger partial charge in [-0.2, -0.15) is 8.78 Å². The van der Waals surface area contributed by atoms with Crippen LogP contribution >= 0.6 is 0 Å². The molecule has 1 nitrogen and oxygen atoms in total. The highest BCUT2D eigenvalue weighted by atomic mass is 19.3. The summed E-state index contributed by atoms with van der Waals surface area (Å²) in [6.45, 7) is 2.18. The van der Waals surface area contributed by atoms with E-state index in [1.807, 2.05) is 6.07 Å². The number of halogens is 9. The van der Waals surface area contributed by atoms with Crippen LogP contribution in [-0.2, 0) is 6.11 Å². The fourth-order valence-electron chi connectivity index (χ4n) is 6.45. The first-order valence-corrected chi connectivity index (χ1v) is 15.8. The van der Waals surface area contributed by atoms with Crippen LogP contribution in [0.4, 0.5) is 39.5 Å². The van der Waals surface area contributed by atoms with Gasteiger partial charge in [0.1, 0.15) is 46.2 Å². The minimum absolute atomic E-state index is 0.128. The Bertz CT molecular complexity index is 1750. The lowest BCUT2D eigenvalue weighted by Gasteiger charge is -2.29. The molecule has 48 heavy (non-hydrogen) atoms. The van der Waals surface area contributed by atoms with Crippen molar-refractivity contribution in [3.63, 3.8) is 0 Å². The maximum atomic E-state index is 15.3. The predicted molar refractivity (Wildman–Crippen MR) is 167 cm³/mol. The minimum Gasteiger partial charge on any atom is -0.429 e. The van der Waals surface area contributed by atoms with E-state index in [9.17, 15) is 30.7 Å². The van der Waals surface area contributed by atoms with Crippen LogP contribution in [0, 0.1) is 40.8 Å². The van der Waals surface area contributed by atoms with Crippen molar-refractivity contribution in [1.82, 2.24) is 0 Å². The summed E-state index contributed by atoms with van der Waals surface area (Å²) in [6.07, 6.45) is 4.51. The largest absolute Gasteiger partial charge is 0.432 e. The highest BCUT2D eigenvalue weighted by molar-refractivity contribution is 5.72. The second-order valence-electron chi connectivity index (χ2n) is 12.2. The van der Waals surface area contributed by atoms with Crippen LogP contribution < -0.4 is 4.74 Å². The summed E-state index contributed by atoms with van der Waals surface area (Å²) >= 11 is 0. The summed E-state index contributed by atoms with van der Waals surface area (Å²) in [4.78, 5) is 0. The van der Waals surface area contributed by atoms with Gasteiger partial charge in [-0.25, -0.2) is 30.7 Å². The third-order valence-corrected chi connectivity index (χ3v) is 8.98. The van der Waals surface area contributed by atoms with E-state index in [1.165, 1.54) is 37.8 Å². The number of benzene rings is 4. The smallest absolute Gasteiger partial charge is 0.429 e. The molecule has 0 atom stereocenters. The highest BCUT2D eigenvalue weighted by Crippen LogP contribution is 2.41. The molecule has 5 rings (SSSR count). The number of unbranched alkanes of at least 4 members (excludes halogenated alkanes) is 2. The Balaban J connectivity index is 1.32. The number of alkyl halides is 2. The predicted octanol–water partition coefficient (Wildman–Crippen LogP) is 12.8. The molecule has 0 N–H and O–H groups in total. The average molecular weight is 677 g/mol. The number of hydrogen-bond acceptors (Lipinski definition) is 1. The van der Waals surface area contributed by atoms with E-state index < -0.39 is 63.5 Å². The fourth-order valence-corrected chi connectivity index (χ4v) is 6.45. The second-order valence-corrected chi connectivity index (χ2v) is 12.2. The van der Waals surface area contributed by atoms with Crippen LogP contribution in [0.5, 0.6) is 5.75 Å². The van der Waals surface area contributed by atoms with Gasteiger partial charge in [-0.15, -0.1) is 0 Å². The molecule has 0 radical (unpaired) electrons. The third kappa shape index (κ3) is 7.74. The average Bonchev–Trinajstić information content (AvgIpc) is 3.02. The molecular formula is C38H33F9O. The SMILES string of the molecule is CCCCCC1CCC(c2ccc(-c3ccc(-c4cc(F)c(C(F)(F)Oc5cc(F)c(/C=C/F)c(F)c5)c(F)c4)c(F)c3)c(F)c2)CC1. The van der Waals surface area contributed by atoms with Crippen molar-refractivity contribution in [3.05, 3.63) is 119 Å². The zero-order valence-electron chi connectivity index (χ0n) is 26.0. The summed E-state index contributed by atoms with van der Waals surface area (Å²) in [5.74, 6) is -8.28. The van der Waals surface area contributed by atoms with Gasteiger partial charge in [0.15, 0.2) is 0 Å². The maximum absolute atomic E-state index is 15.3. The molecule has 0 aliphatic heterocycles. The van der Waals surface area contributed by atoms with Gasteiger partial charge in [0.2, 0.25) is 0 Å². The molecule has 0 heterocycles. The van der Waals surface area contributed by atoms with E-state index in [4.69, 9.17) is 0 Å². The van der Waals surface area contributed by atoms with Gasteiger partial charge in [0.05, 0.1) is 6.33 Å². The molecular weight excluding hydrogens is 643 g/mol. The summed E-state index contributed by atoms with van der Waals surface area (Å²) in [7, 11) is 0. The van der Waals surface area contributed by atoms with Crippen LogP contribution in [0.15, 0.2) is 67.0 Å². The van der Waals surface area contributed by atoms with Gasteiger partial charge in [0.25, 0.3) is 0 Å². The zero-order chi connectivity index (χ0) is 34.6. The Labute approximate surface area is 273 Å². The Kier molecular flexibility index (Phi) is 10.9. The van der Waals surface area contributed by atoms with E-state index in [-0.39, 0.29) is 28.9 Å². The maximum Gasteiger partial charge on any atom is 0.432 e. The lowest BCUT2D eigenvalue weighted by Crippen LogP contribution is -2.25. The summed E-state index contributed by atoms with van der Waals surface area (Å²) in [6, 6.07) is 9.87. The van der Waals surface area contributed by atoms with E-state index in [1.54, 1.807) is 6.07 Å². The molecule has 10 heteroatoms. The molecule has 0 saturated heterocycles. The van der Waals surface area contributed by atoms with E-state index in [2.05, 4.69) is 11.7 Å². The molecule has 4 aromatic rings. The fraction of sp³-hybridized carbons (Fsp3) is 0.316. The van der Waals surface area contributed by atoms with E-state index >= 15 is 8.78 Å². The third-order valence-electron chi connectivity index (χ3n) is 8.98. The molecule has 0 aromatic heterocycles. The quantitative estimate of drug-likeness (QED) is 0.113. The van der Waals surface area contributed by atoms with Crippen LogP contribution in [0.3, 0.4) is 0 Å². The highest BCUT2D eigenvalue weighted by Gasteiger charge is 2.41. The van der Waals surface area contributed by atoms with Crippen molar-refractivity contribution in [2.24, 2.45) is 5.92 Å². The summed E-state index contributed by atoms with van der Waals surface area (Å²) in [5.41, 5.74) is -2.37. The van der Waals surface area contributed by atoms with Crippen LogP contribution in [0.2, 0.25) is 0 Å². The zero-order valence-corrected chi connectivity index (χ0v) is 26.0. The first-order chi connectivity index (χ1) is 22.9. The van der Waals surface area contributed by atoms with Gasteiger partial charge in [-0.1, -0.05) is 56.9 Å². The number of hydrogen-bond donors (Lipinski definition) is 0. The van der Waals surface area contributed by atoms with Crippen molar-refractivity contribution in [2.75, 3.05) is 0 Å². The monoisotopic (exact) mass is 676 g/mol. The van der Waals surface area contributed by atoms with Crippen molar-refractivity contribution in [2.45, 2.75) is 70.3 Å². The van der Waals surface area contributed by atoms with Crippen molar-refractivity contribution in [1.29, 1.82) is 0 Å². The Morgan fingerprint density at radius 3 is 1.85 bits per heavy atom. The topological polar surface area (TPSA) is 9.23 Å². The molecule has 1 fully saturated rings. The Hall–Kier alpha value is -4.21. The van der Waals surface area contributed by atoms with Gasteiger partial charge < -0.3 is 4.74 Å². The molecule has 0 bridgehead atoms. The lowest BCUT2D eigenvalue weighted by molar-refractivity contribution is -0.189. The van der Waals surface area contributed by atoms with E-state index in [0.717, 1.165) is 43.4 Å². The first kappa shape index (κ1) is 35.1. The Morgan fingerprint density at radius 2 is 1.27 bits per heavy atom. The van der Waals surface area contributed by atoms with Gasteiger partial charge in [0, 0.05) is 28.8 Å². The molecule has 0 amide bonds. The van der Waals surface area contributed by atoms with Crippen LogP contribution in [0.25, 0.3) is 28.3 Å². The van der Waals surface area contributed by atoms with Gasteiger partial charge in [-0.3, -0.25) is 0 Å². The van der Waals surface area contributed by atoms with Crippen molar-refractivity contribution >= 4 is 6.08 Å². The van der Waals surface area contributed by atoms with Gasteiger partial charge in [-0.05, 0) is 84.6 Å². The molecule has 0 unspecified atom stereocenters. The van der Waals surface area contributed by atoms with E-state index in [0.29, 0.717) is 36.3 Å². The first-order valence-electron chi connectivity index (χ1n) is 15.8. The molecule has 1 saturated carbocycles. The summed E-state index contributed by atoms with van der Waals surface area (Å²) < 4.78 is 135. The van der Waals surface area contributed by atoms with Crippen LogP contribution in [0.1, 0.15) is 80.9 Å². The van der Waals surface area contributed by atoms with Gasteiger partial charge >= 0.3 is 6.11 Å². The standard InChI is InChI=1S/C38H33F9O/c1-2-3-4-5-22-6-8-23(9-7-22)24-10-12-28(31(40)16-24)25-11-13-29(32(41)17-25)26-18-35(44)37(36(45)19-26)38(46,47)48-27-20-33(42)30(14-15-39)34(43)21-27/h10-23H,2-9H2,1H3/b15-14+. The molecule has 1 aliphatic carbocycles. The molecule has 4 aromatic carbocycles. The molecule has 254 valence electrons. The molecule has 1 aliphatic rings. The number of rotatable bonds is 11. The van der Waals surface area contributed by atoms with Crippen molar-refractivity contribution in [3.8, 4) is 28.0 Å². The second kappa shape index (κ2) is 14.9.